The summed E-state index contributed by atoms with van der Waals surface area (Å²) in [6.45, 7) is 0.626. The van der Waals surface area contributed by atoms with Crippen molar-refractivity contribution < 1.29 is 9.53 Å². The fraction of sp³-hybridized carbons (Fsp3) is 0.167. The van der Waals surface area contributed by atoms with E-state index in [4.69, 9.17) is 4.74 Å². The second-order valence-electron chi connectivity index (χ2n) is 5.30. The van der Waals surface area contributed by atoms with E-state index >= 15 is 0 Å². The number of benzene rings is 2. The fourth-order valence-corrected chi connectivity index (χ4v) is 2.29. The molecule has 1 amide bonds. The molecule has 0 aliphatic rings. The van der Waals surface area contributed by atoms with Crippen LogP contribution in [0.4, 0.5) is 0 Å². The van der Waals surface area contributed by atoms with E-state index in [0.717, 1.165) is 16.9 Å². The van der Waals surface area contributed by atoms with Gasteiger partial charge in [0.25, 0.3) is 0 Å². The summed E-state index contributed by atoms with van der Waals surface area (Å²) in [6, 6.07) is 17.3. The summed E-state index contributed by atoms with van der Waals surface area (Å²) in [7, 11) is 1.62. The SMILES string of the molecule is COc1cccc(-c2cn(CC(=O)NCc3ccccc3)nn2)c1. The molecule has 0 saturated heterocycles. The number of nitrogens with one attached hydrogen (secondary N) is 1. The van der Waals surface area contributed by atoms with E-state index < -0.39 is 0 Å². The van der Waals surface area contributed by atoms with Crippen molar-refractivity contribution in [3.63, 3.8) is 0 Å². The largest absolute Gasteiger partial charge is 0.497 e. The quantitative estimate of drug-likeness (QED) is 0.756. The minimum absolute atomic E-state index is 0.110. The van der Waals surface area contributed by atoms with E-state index in [1.165, 1.54) is 4.68 Å². The number of aromatic nitrogens is 3. The third-order valence-corrected chi connectivity index (χ3v) is 3.54. The number of nitrogens with zero attached hydrogens (tertiary/aromatic N) is 3. The minimum Gasteiger partial charge on any atom is -0.497 e. The molecule has 0 aliphatic heterocycles. The predicted molar refractivity (Wildman–Crippen MR) is 90.3 cm³/mol. The maximum absolute atomic E-state index is 12.0. The van der Waals surface area contributed by atoms with Gasteiger partial charge in [0, 0.05) is 12.1 Å². The van der Waals surface area contributed by atoms with E-state index in [9.17, 15) is 4.79 Å². The Morgan fingerprint density at radius 3 is 2.79 bits per heavy atom. The molecular formula is C18H18N4O2. The van der Waals surface area contributed by atoms with Crippen molar-refractivity contribution in [2.45, 2.75) is 13.1 Å². The first kappa shape index (κ1) is 15.7. The summed E-state index contributed by atoms with van der Waals surface area (Å²) in [5, 5.41) is 11.0. The van der Waals surface area contributed by atoms with Gasteiger partial charge in [-0.1, -0.05) is 47.7 Å². The summed E-state index contributed by atoms with van der Waals surface area (Å²) < 4.78 is 6.73. The number of carbonyl (C=O) groups is 1. The number of rotatable bonds is 6. The van der Waals surface area contributed by atoms with E-state index in [1.54, 1.807) is 13.3 Å². The molecule has 0 spiro atoms. The molecule has 3 rings (SSSR count). The highest BCUT2D eigenvalue weighted by Gasteiger charge is 2.08. The molecule has 0 atom stereocenters. The molecule has 0 radical (unpaired) electrons. The Morgan fingerprint density at radius 1 is 1.17 bits per heavy atom. The van der Waals surface area contributed by atoms with E-state index in [0.29, 0.717) is 12.2 Å². The molecule has 1 aromatic heterocycles. The first-order valence-corrected chi connectivity index (χ1v) is 7.60. The van der Waals surface area contributed by atoms with Crippen LogP contribution in [0, 0.1) is 0 Å². The standard InChI is InChI=1S/C18H18N4O2/c1-24-16-9-5-8-15(10-16)17-12-22(21-20-17)13-18(23)19-11-14-6-3-2-4-7-14/h2-10,12H,11,13H2,1H3,(H,19,23). The zero-order valence-corrected chi connectivity index (χ0v) is 13.3. The van der Waals surface area contributed by atoms with Crippen LogP contribution in [-0.2, 0) is 17.9 Å². The third-order valence-electron chi connectivity index (χ3n) is 3.54. The van der Waals surface area contributed by atoms with Crippen LogP contribution >= 0.6 is 0 Å². The van der Waals surface area contributed by atoms with Crippen molar-refractivity contribution in [1.82, 2.24) is 20.3 Å². The van der Waals surface area contributed by atoms with E-state index in [1.807, 2.05) is 54.6 Å². The van der Waals surface area contributed by atoms with Crippen molar-refractivity contribution in [2.75, 3.05) is 7.11 Å². The Labute approximate surface area is 140 Å². The zero-order valence-electron chi connectivity index (χ0n) is 13.3. The molecule has 6 nitrogen and oxygen atoms in total. The Morgan fingerprint density at radius 2 is 2.00 bits per heavy atom. The van der Waals surface area contributed by atoms with Crippen LogP contribution in [0.25, 0.3) is 11.3 Å². The zero-order chi connectivity index (χ0) is 16.8. The van der Waals surface area contributed by atoms with Crippen LogP contribution in [0.2, 0.25) is 0 Å². The number of ether oxygens (including phenoxy) is 1. The van der Waals surface area contributed by atoms with E-state index in [-0.39, 0.29) is 12.5 Å². The third kappa shape index (κ3) is 3.98. The maximum atomic E-state index is 12.0. The molecule has 2 aromatic carbocycles. The average molecular weight is 322 g/mol. The molecule has 122 valence electrons. The van der Waals surface area contributed by atoms with Gasteiger partial charge in [-0.05, 0) is 17.7 Å². The van der Waals surface area contributed by atoms with Gasteiger partial charge < -0.3 is 10.1 Å². The highest BCUT2D eigenvalue weighted by atomic mass is 16.5. The van der Waals surface area contributed by atoms with Gasteiger partial charge in [-0.15, -0.1) is 5.10 Å². The molecule has 24 heavy (non-hydrogen) atoms. The van der Waals surface area contributed by atoms with Crippen LogP contribution in [0.15, 0.2) is 60.8 Å². The Kier molecular flexibility index (Phi) is 4.86. The summed E-state index contributed by atoms with van der Waals surface area (Å²) in [5.74, 6) is 0.642. The Bertz CT molecular complexity index is 815. The molecular weight excluding hydrogens is 304 g/mol. The van der Waals surface area contributed by atoms with Crippen molar-refractivity contribution in [2.24, 2.45) is 0 Å². The van der Waals surface area contributed by atoms with Crippen LogP contribution in [0.5, 0.6) is 5.75 Å². The van der Waals surface area contributed by atoms with Crippen LogP contribution in [-0.4, -0.2) is 28.0 Å². The molecule has 0 bridgehead atoms. The molecule has 1 heterocycles. The van der Waals surface area contributed by atoms with E-state index in [2.05, 4.69) is 15.6 Å². The van der Waals surface area contributed by atoms with Gasteiger partial charge in [0.2, 0.25) is 5.91 Å². The predicted octanol–water partition coefficient (Wildman–Crippen LogP) is 2.27. The lowest BCUT2D eigenvalue weighted by atomic mass is 10.1. The Hall–Kier alpha value is -3.15. The van der Waals surface area contributed by atoms with Gasteiger partial charge in [0.1, 0.15) is 18.0 Å². The average Bonchev–Trinajstić information content (AvgIpc) is 3.09. The number of hydrogen-bond acceptors (Lipinski definition) is 4. The highest BCUT2D eigenvalue weighted by molar-refractivity contribution is 5.75. The normalized spacial score (nSPS) is 10.4. The molecule has 1 N–H and O–H groups in total. The van der Waals surface area contributed by atoms with Gasteiger partial charge in [-0.2, -0.15) is 0 Å². The van der Waals surface area contributed by atoms with Crippen molar-refractivity contribution in [1.29, 1.82) is 0 Å². The molecule has 0 fully saturated rings. The lowest BCUT2D eigenvalue weighted by Gasteiger charge is -2.04. The van der Waals surface area contributed by atoms with Crippen molar-refractivity contribution >= 4 is 5.91 Å². The lowest BCUT2D eigenvalue weighted by molar-refractivity contribution is -0.122. The summed E-state index contributed by atoms with van der Waals surface area (Å²) in [6.07, 6.45) is 1.75. The number of carbonyl (C=O) groups excluding carboxylic acids is 1. The molecule has 3 aromatic rings. The van der Waals surface area contributed by atoms with Crippen molar-refractivity contribution in [3.05, 3.63) is 66.4 Å². The topological polar surface area (TPSA) is 69.0 Å². The number of amides is 1. The molecule has 6 heteroatoms. The maximum Gasteiger partial charge on any atom is 0.242 e. The van der Waals surface area contributed by atoms with Crippen LogP contribution < -0.4 is 10.1 Å². The summed E-state index contributed by atoms with van der Waals surface area (Å²) in [4.78, 5) is 12.0. The van der Waals surface area contributed by atoms with Gasteiger partial charge in [-0.25, -0.2) is 4.68 Å². The fourth-order valence-electron chi connectivity index (χ4n) is 2.29. The number of hydrogen-bond donors (Lipinski definition) is 1. The molecule has 0 saturated carbocycles. The number of methoxy groups -OCH3 is 1. The van der Waals surface area contributed by atoms with Gasteiger partial charge in [0.15, 0.2) is 0 Å². The second kappa shape index (κ2) is 7.41. The first-order chi connectivity index (χ1) is 11.7. The molecule has 0 aliphatic carbocycles. The highest BCUT2D eigenvalue weighted by Crippen LogP contribution is 2.21. The summed E-state index contributed by atoms with van der Waals surface area (Å²) >= 11 is 0. The monoisotopic (exact) mass is 322 g/mol. The van der Waals surface area contributed by atoms with Gasteiger partial charge in [0.05, 0.1) is 13.3 Å². The van der Waals surface area contributed by atoms with Crippen LogP contribution in [0.1, 0.15) is 5.56 Å². The first-order valence-electron chi connectivity index (χ1n) is 7.60. The van der Waals surface area contributed by atoms with Gasteiger partial charge >= 0.3 is 0 Å². The van der Waals surface area contributed by atoms with Crippen molar-refractivity contribution in [3.8, 4) is 17.0 Å². The Balaban J connectivity index is 1.60. The minimum atomic E-state index is -0.110. The van der Waals surface area contributed by atoms with Crippen LogP contribution in [0.3, 0.4) is 0 Å². The van der Waals surface area contributed by atoms with Gasteiger partial charge in [-0.3, -0.25) is 4.79 Å². The molecule has 0 unspecified atom stereocenters. The summed E-state index contributed by atoms with van der Waals surface area (Å²) in [5.41, 5.74) is 2.65. The second-order valence-corrected chi connectivity index (χ2v) is 5.30. The smallest absolute Gasteiger partial charge is 0.242 e. The lowest BCUT2D eigenvalue weighted by Crippen LogP contribution is -2.27.